The third kappa shape index (κ3) is 5.12. The highest BCUT2D eigenvalue weighted by atomic mass is 35.5. The van der Waals surface area contributed by atoms with Gasteiger partial charge >= 0.3 is 8.03 Å². The zero-order valence-corrected chi connectivity index (χ0v) is 7.36. The summed E-state index contributed by atoms with van der Waals surface area (Å²) in [6.07, 6.45) is 0.187. The highest BCUT2D eigenvalue weighted by Gasteiger charge is 2.25. The minimum Gasteiger partial charge on any atom is -0.281 e. The Labute approximate surface area is 69.2 Å². The maximum absolute atomic E-state index is 10.2. The van der Waals surface area contributed by atoms with Crippen molar-refractivity contribution in [3.63, 3.8) is 0 Å². The lowest BCUT2D eigenvalue weighted by Crippen LogP contribution is -1.95. The van der Waals surface area contributed by atoms with E-state index < -0.39 is 18.4 Å². The number of rotatable bonds is 4. The zero-order valence-electron chi connectivity index (χ0n) is 4.96. The fraction of sp³-hybridized carbons (Fsp3) is 0.750. The molecule has 0 fully saturated rings. The van der Waals surface area contributed by atoms with Crippen molar-refractivity contribution in [2.75, 3.05) is 0 Å². The standard InChI is InChI=1S/C4H5Cl2O3P/c5-3(7)1-2-4(6)10(8)9/h4H,1-2H2/p+1. The maximum Gasteiger partial charge on any atom is 0.524 e. The molecule has 0 aromatic rings. The summed E-state index contributed by atoms with van der Waals surface area (Å²) in [6.45, 7) is 0. The number of halogens is 2. The van der Waals surface area contributed by atoms with Gasteiger partial charge in [-0.05, 0) is 16.2 Å². The first kappa shape index (κ1) is 10.3. The molecule has 0 aliphatic carbocycles. The molecular formula is C4H6Cl2O3P+. The van der Waals surface area contributed by atoms with E-state index in [2.05, 4.69) is 0 Å². The lowest BCUT2D eigenvalue weighted by Gasteiger charge is -1.89. The van der Waals surface area contributed by atoms with Gasteiger partial charge < -0.3 is 0 Å². The van der Waals surface area contributed by atoms with Crippen LogP contribution in [0.25, 0.3) is 0 Å². The van der Waals surface area contributed by atoms with Crippen molar-refractivity contribution in [3.8, 4) is 0 Å². The van der Waals surface area contributed by atoms with Crippen molar-refractivity contribution in [3.05, 3.63) is 0 Å². The van der Waals surface area contributed by atoms with Gasteiger partial charge in [0.15, 0.2) is 0 Å². The van der Waals surface area contributed by atoms with Crippen LogP contribution in [-0.2, 0) is 9.36 Å². The highest BCUT2D eigenvalue weighted by molar-refractivity contribution is 7.41. The van der Waals surface area contributed by atoms with E-state index in [-0.39, 0.29) is 12.8 Å². The number of carbonyl (C=O) groups is 1. The van der Waals surface area contributed by atoms with Crippen molar-refractivity contribution in [2.45, 2.75) is 18.0 Å². The van der Waals surface area contributed by atoms with Crippen molar-refractivity contribution in [2.24, 2.45) is 0 Å². The molecule has 0 aliphatic rings. The SMILES string of the molecule is O=C(Cl)CCC(Cl)[P+](=O)O. The van der Waals surface area contributed by atoms with Crippen LogP contribution in [0.1, 0.15) is 12.8 Å². The molecule has 0 rings (SSSR count). The Kier molecular flexibility index (Phi) is 5.18. The average Bonchev–Trinajstić information content (AvgIpc) is 1.82. The minimum atomic E-state index is -2.39. The van der Waals surface area contributed by atoms with E-state index in [0.29, 0.717) is 0 Å². The van der Waals surface area contributed by atoms with Gasteiger partial charge in [-0.2, -0.15) is 4.89 Å². The molecule has 0 aromatic heterocycles. The summed E-state index contributed by atoms with van der Waals surface area (Å²) in [6, 6.07) is 0. The van der Waals surface area contributed by atoms with Crippen LogP contribution in [0.5, 0.6) is 0 Å². The molecule has 0 radical (unpaired) electrons. The second-order valence-electron chi connectivity index (χ2n) is 1.63. The lowest BCUT2D eigenvalue weighted by molar-refractivity contribution is -0.111. The van der Waals surface area contributed by atoms with E-state index in [1.54, 1.807) is 0 Å². The molecule has 0 aliphatic heterocycles. The van der Waals surface area contributed by atoms with Gasteiger partial charge in [0.1, 0.15) is 0 Å². The molecule has 10 heavy (non-hydrogen) atoms. The molecule has 58 valence electrons. The largest absolute Gasteiger partial charge is 0.524 e. The molecule has 0 heterocycles. The summed E-state index contributed by atoms with van der Waals surface area (Å²) in [5, 5.41) is -1.40. The summed E-state index contributed by atoms with van der Waals surface area (Å²) in [5.74, 6) is 0. The number of carbonyl (C=O) groups excluding carboxylic acids is 1. The van der Waals surface area contributed by atoms with Gasteiger partial charge in [-0.3, -0.25) is 4.79 Å². The monoisotopic (exact) mass is 203 g/mol. The van der Waals surface area contributed by atoms with Crippen LogP contribution >= 0.6 is 31.2 Å². The third-order valence-corrected chi connectivity index (χ3v) is 2.46. The Morgan fingerprint density at radius 1 is 1.70 bits per heavy atom. The van der Waals surface area contributed by atoms with Gasteiger partial charge in [0.2, 0.25) is 5.24 Å². The van der Waals surface area contributed by atoms with Gasteiger partial charge in [-0.25, -0.2) is 0 Å². The predicted molar refractivity (Wildman–Crippen MR) is 39.6 cm³/mol. The van der Waals surface area contributed by atoms with Crippen LogP contribution in [0.4, 0.5) is 0 Å². The molecule has 0 spiro atoms. The number of alkyl halides is 1. The van der Waals surface area contributed by atoms with Crippen molar-refractivity contribution < 1.29 is 14.3 Å². The third-order valence-electron chi connectivity index (χ3n) is 0.819. The molecule has 0 aromatic carbocycles. The molecule has 0 saturated carbocycles. The molecular weight excluding hydrogens is 198 g/mol. The summed E-state index contributed by atoms with van der Waals surface area (Å²) >= 11 is 10.3. The molecule has 3 nitrogen and oxygen atoms in total. The van der Waals surface area contributed by atoms with Crippen LogP contribution in [0.15, 0.2) is 0 Å². The van der Waals surface area contributed by atoms with E-state index in [9.17, 15) is 9.36 Å². The first-order valence-corrected chi connectivity index (χ1v) is 4.61. The van der Waals surface area contributed by atoms with Gasteiger partial charge in [-0.1, -0.05) is 11.6 Å². The van der Waals surface area contributed by atoms with Crippen molar-refractivity contribution in [1.29, 1.82) is 0 Å². The van der Waals surface area contributed by atoms with E-state index >= 15 is 0 Å². The first-order valence-electron chi connectivity index (χ1n) is 2.51. The fourth-order valence-electron chi connectivity index (χ4n) is 0.343. The Morgan fingerprint density at radius 2 is 2.20 bits per heavy atom. The average molecular weight is 204 g/mol. The van der Waals surface area contributed by atoms with Crippen LogP contribution in [0, 0.1) is 0 Å². The predicted octanol–water partition coefficient (Wildman–Crippen LogP) is 1.83. The van der Waals surface area contributed by atoms with Crippen molar-refractivity contribution >= 4 is 36.5 Å². The minimum absolute atomic E-state index is 0.0390. The smallest absolute Gasteiger partial charge is 0.281 e. The van der Waals surface area contributed by atoms with E-state index in [0.717, 1.165) is 0 Å². The summed E-state index contributed by atoms with van der Waals surface area (Å²) < 4.78 is 10.2. The van der Waals surface area contributed by atoms with Gasteiger partial charge in [-0.15, -0.1) is 0 Å². The van der Waals surface area contributed by atoms with Crippen LogP contribution in [-0.4, -0.2) is 15.3 Å². The Hall–Kier alpha value is 0.310. The fourth-order valence-corrected chi connectivity index (χ4v) is 0.911. The van der Waals surface area contributed by atoms with Gasteiger partial charge in [0.25, 0.3) is 5.12 Å². The Balaban J connectivity index is 3.49. The topological polar surface area (TPSA) is 54.4 Å². The number of hydrogen-bond acceptors (Lipinski definition) is 2. The summed E-state index contributed by atoms with van der Waals surface area (Å²) in [5.41, 5.74) is 0. The van der Waals surface area contributed by atoms with Crippen LogP contribution in [0.2, 0.25) is 0 Å². The van der Waals surface area contributed by atoms with Crippen LogP contribution in [0.3, 0.4) is 0 Å². The second kappa shape index (κ2) is 5.03. The first-order chi connectivity index (χ1) is 4.54. The van der Waals surface area contributed by atoms with E-state index in [1.165, 1.54) is 0 Å². The molecule has 1 N–H and O–H groups in total. The Morgan fingerprint density at radius 3 is 2.50 bits per heavy atom. The van der Waals surface area contributed by atoms with Gasteiger partial charge in [0, 0.05) is 12.8 Å². The van der Waals surface area contributed by atoms with E-state index in [1.807, 2.05) is 0 Å². The lowest BCUT2D eigenvalue weighted by atomic mass is 10.4. The van der Waals surface area contributed by atoms with Crippen LogP contribution < -0.4 is 0 Å². The normalized spacial score (nSPS) is 14.5. The summed E-state index contributed by atoms with van der Waals surface area (Å²) in [7, 11) is -2.39. The summed E-state index contributed by atoms with van der Waals surface area (Å²) in [4.78, 5) is 18.5. The maximum atomic E-state index is 10.2. The molecule has 0 amide bonds. The molecule has 6 heteroatoms. The van der Waals surface area contributed by atoms with E-state index in [4.69, 9.17) is 28.1 Å². The molecule has 0 bridgehead atoms. The molecule has 2 unspecified atom stereocenters. The zero-order chi connectivity index (χ0) is 8.15. The van der Waals surface area contributed by atoms with Gasteiger partial charge in [0.05, 0.1) is 0 Å². The highest BCUT2D eigenvalue weighted by Crippen LogP contribution is 2.29. The molecule has 0 saturated heterocycles. The van der Waals surface area contributed by atoms with Crippen molar-refractivity contribution in [1.82, 2.24) is 0 Å². The molecule has 2 atom stereocenters. The second-order valence-corrected chi connectivity index (χ2v) is 4.11. The number of hydrogen-bond donors (Lipinski definition) is 1. The Bertz CT molecular complexity index is 149. The quantitative estimate of drug-likeness (QED) is 0.431.